The molecule has 0 saturated carbocycles. The van der Waals surface area contributed by atoms with E-state index in [2.05, 4.69) is 27.1 Å². The van der Waals surface area contributed by atoms with Crippen LogP contribution in [0.5, 0.6) is 0 Å². The van der Waals surface area contributed by atoms with E-state index in [4.69, 9.17) is 11.6 Å². The van der Waals surface area contributed by atoms with E-state index in [0.717, 1.165) is 44.1 Å². The van der Waals surface area contributed by atoms with Crippen molar-refractivity contribution < 1.29 is 18.0 Å². The number of nitrogens with zero attached hydrogens (tertiary/aromatic N) is 3. The van der Waals surface area contributed by atoms with E-state index >= 15 is 0 Å². The Morgan fingerprint density at radius 1 is 1.15 bits per heavy atom. The molecule has 9 heteroatoms. The number of pyridine rings is 1. The van der Waals surface area contributed by atoms with Crippen LogP contribution in [0.4, 0.5) is 24.7 Å². The van der Waals surface area contributed by atoms with Gasteiger partial charge in [-0.05, 0) is 37.4 Å². The minimum Gasteiger partial charge on any atom is -0.354 e. The molecule has 1 aromatic heterocycles. The number of halogens is 4. The number of anilines is 2. The molecule has 0 bridgehead atoms. The van der Waals surface area contributed by atoms with Gasteiger partial charge in [0.2, 0.25) is 0 Å². The number of hydrogen-bond donors (Lipinski definition) is 1. The van der Waals surface area contributed by atoms with Crippen LogP contribution < -0.4 is 10.2 Å². The highest BCUT2D eigenvalue weighted by Gasteiger charge is 2.33. The van der Waals surface area contributed by atoms with E-state index in [9.17, 15) is 18.0 Å². The van der Waals surface area contributed by atoms with Gasteiger partial charge in [0, 0.05) is 38.1 Å². The van der Waals surface area contributed by atoms with Crippen LogP contribution in [-0.4, -0.2) is 49.0 Å². The van der Waals surface area contributed by atoms with Crippen molar-refractivity contribution in [1.82, 2.24) is 9.88 Å². The molecular formula is C18H18ClF3N4O. The Kier molecular flexibility index (Phi) is 5.57. The molecule has 1 aliphatic heterocycles. The zero-order chi connectivity index (χ0) is 19.6. The minimum absolute atomic E-state index is 0.0138. The Labute approximate surface area is 159 Å². The third-order valence-electron chi connectivity index (χ3n) is 4.37. The van der Waals surface area contributed by atoms with Gasteiger partial charge in [-0.15, -0.1) is 0 Å². The van der Waals surface area contributed by atoms with Gasteiger partial charge >= 0.3 is 6.18 Å². The highest BCUT2D eigenvalue weighted by atomic mass is 35.5. The highest BCUT2D eigenvalue weighted by Crippen LogP contribution is 2.36. The van der Waals surface area contributed by atoms with Crippen molar-refractivity contribution in [3.05, 3.63) is 52.7 Å². The largest absolute Gasteiger partial charge is 0.417 e. The SMILES string of the molecule is CN1CCN(c2ccc(C(=O)Nc3ccc(Cl)c(C(F)(F)F)c3)cn2)CC1. The third kappa shape index (κ3) is 4.70. The van der Waals surface area contributed by atoms with Gasteiger partial charge < -0.3 is 15.1 Å². The van der Waals surface area contributed by atoms with Crippen LogP contribution in [0.25, 0.3) is 0 Å². The monoisotopic (exact) mass is 398 g/mol. The number of aromatic nitrogens is 1. The summed E-state index contributed by atoms with van der Waals surface area (Å²) in [6.45, 7) is 3.56. The fourth-order valence-electron chi connectivity index (χ4n) is 2.77. The highest BCUT2D eigenvalue weighted by molar-refractivity contribution is 6.31. The van der Waals surface area contributed by atoms with Crippen molar-refractivity contribution in [1.29, 1.82) is 0 Å². The third-order valence-corrected chi connectivity index (χ3v) is 4.70. The minimum atomic E-state index is -4.59. The first-order chi connectivity index (χ1) is 12.7. The zero-order valence-electron chi connectivity index (χ0n) is 14.6. The van der Waals surface area contributed by atoms with Gasteiger partial charge in [0.05, 0.1) is 16.1 Å². The van der Waals surface area contributed by atoms with Crippen LogP contribution in [0.15, 0.2) is 36.5 Å². The summed E-state index contributed by atoms with van der Waals surface area (Å²) in [7, 11) is 2.05. The summed E-state index contributed by atoms with van der Waals surface area (Å²) in [5, 5.41) is 2.03. The zero-order valence-corrected chi connectivity index (χ0v) is 15.3. The average Bonchev–Trinajstić information content (AvgIpc) is 2.63. The first-order valence-electron chi connectivity index (χ1n) is 8.31. The lowest BCUT2D eigenvalue weighted by Gasteiger charge is -2.33. The number of alkyl halides is 3. The van der Waals surface area contributed by atoms with Gasteiger partial charge in [-0.25, -0.2) is 4.98 Å². The van der Waals surface area contributed by atoms with Crippen LogP contribution in [0.1, 0.15) is 15.9 Å². The van der Waals surface area contributed by atoms with E-state index in [0.29, 0.717) is 0 Å². The molecule has 0 unspecified atom stereocenters. The molecule has 2 aromatic rings. The van der Waals surface area contributed by atoms with Crippen molar-refractivity contribution in [3.63, 3.8) is 0 Å². The topological polar surface area (TPSA) is 48.5 Å². The van der Waals surface area contributed by atoms with Crippen molar-refractivity contribution >= 4 is 29.0 Å². The van der Waals surface area contributed by atoms with Crippen LogP contribution in [0.2, 0.25) is 5.02 Å². The molecule has 27 heavy (non-hydrogen) atoms. The number of amides is 1. The maximum atomic E-state index is 12.9. The first kappa shape index (κ1) is 19.4. The lowest BCUT2D eigenvalue weighted by Crippen LogP contribution is -2.44. The molecule has 3 rings (SSSR count). The standard InChI is InChI=1S/C18H18ClF3N4O/c1-25-6-8-26(9-7-25)16-5-2-12(11-23-16)17(27)24-13-3-4-15(19)14(10-13)18(20,21)22/h2-5,10-11H,6-9H2,1H3,(H,24,27). The molecule has 1 saturated heterocycles. The summed E-state index contributed by atoms with van der Waals surface area (Å²) in [6.07, 6.45) is -3.17. The Morgan fingerprint density at radius 2 is 1.85 bits per heavy atom. The molecule has 0 aliphatic carbocycles. The second kappa shape index (κ2) is 7.74. The van der Waals surface area contributed by atoms with Crippen molar-refractivity contribution in [2.45, 2.75) is 6.18 Å². The van der Waals surface area contributed by atoms with Crippen LogP contribution in [0.3, 0.4) is 0 Å². The molecule has 1 fully saturated rings. The van der Waals surface area contributed by atoms with Crippen molar-refractivity contribution in [3.8, 4) is 0 Å². The second-order valence-corrected chi connectivity index (χ2v) is 6.75. The number of carbonyl (C=O) groups is 1. The van der Waals surface area contributed by atoms with E-state index in [1.54, 1.807) is 12.1 Å². The maximum Gasteiger partial charge on any atom is 0.417 e. The van der Waals surface area contributed by atoms with Gasteiger partial charge in [-0.1, -0.05) is 11.6 Å². The van der Waals surface area contributed by atoms with E-state index < -0.39 is 22.7 Å². The van der Waals surface area contributed by atoms with E-state index in [-0.39, 0.29) is 11.3 Å². The number of carbonyl (C=O) groups excluding carboxylic acids is 1. The predicted octanol–water partition coefficient (Wildman–Crippen LogP) is 3.76. The van der Waals surface area contributed by atoms with E-state index in [1.807, 2.05) is 0 Å². The summed E-state index contributed by atoms with van der Waals surface area (Å²) in [6, 6.07) is 6.59. The Balaban J connectivity index is 1.70. The second-order valence-electron chi connectivity index (χ2n) is 6.34. The number of rotatable bonds is 3. The number of nitrogens with one attached hydrogen (secondary N) is 1. The van der Waals surface area contributed by atoms with Gasteiger partial charge in [-0.3, -0.25) is 4.79 Å². The van der Waals surface area contributed by atoms with Gasteiger partial charge in [0.1, 0.15) is 5.82 Å². The summed E-state index contributed by atoms with van der Waals surface area (Å²) >= 11 is 5.58. The molecular weight excluding hydrogens is 381 g/mol. The van der Waals surface area contributed by atoms with Crippen molar-refractivity contribution in [2.24, 2.45) is 0 Å². The number of likely N-dealkylation sites (N-methyl/N-ethyl adjacent to an activating group) is 1. The Morgan fingerprint density at radius 3 is 2.44 bits per heavy atom. The Bertz CT molecular complexity index is 818. The van der Waals surface area contributed by atoms with Gasteiger partial charge in [-0.2, -0.15) is 13.2 Å². The molecule has 0 spiro atoms. The van der Waals surface area contributed by atoms with Crippen molar-refractivity contribution in [2.75, 3.05) is 43.4 Å². The maximum absolute atomic E-state index is 12.9. The van der Waals surface area contributed by atoms with Crippen LogP contribution in [-0.2, 0) is 6.18 Å². The average molecular weight is 399 g/mol. The molecule has 1 N–H and O–H groups in total. The normalized spacial score (nSPS) is 15.7. The summed E-state index contributed by atoms with van der Waals surface area (Å²) < 4.78 is 38.8. The summed E-state index contributed by atoms with van der Waals surface area (Å²) in [5.74, 6) is 0.230. The number of hydrogen-bond acceptors (Lipinski definition) is 4. The molecule has 1 amide bonds. The van der Waals surface area contributed by atoms with E-state index in [1.165, 1.54) is 12.3 Å². The summed E-state index contributed by atoms with van der Waals surface area (Å²) in [4.78, 5) is 21.0. The van der Waals surface area contributed by atoms with Gasteiger partial charge in [0.15, 0.2) is 0 Å². The van der Waals surface area contributed by atoms with Crippen LogP contribution in [0, 0.1) is 0 Å². The molecule has 144 valence electrons. The Hall–Kier alpha value is -2.32. The molecule has 0 radical (unpaired) electrons. The smallest absolute Gasteiger partial charge is 0.354 e. The van der Waals surface area contributed by atoms with Gasteiger partial charge in [0.25, 0.3) is 5.91 Å². The molecule has 5 nitrogen and oxygen atoms in total. The molecule has 1 aromatic carbocycles. The predicted molar refractivity (Wildman–Crippen MR) is 98.4 cm³/mol. The molecule has 1 aliphatic rings. The van der Waals surface area contributed by atoms with Crippen LogP contribution >= 0.6 is 11.6 Å². The fourth-order valence-corrected chi connectivity index (χ4v) is 2.99. The quantitative estimate of drug-likeness (QED) is 0.855. The molecule has 0 atom stereocenters. The lowest BCUT2D eigenvalue weighted by atomic mass is 10.2. The fraction of sp³-hybridized carbons (Fsp3) is 0.333. The number of piperazine rings is 1. The first-order valence-corrected chi connectivity index (χ1v) is 8.69. The lowest BCUT2D eigenvalue weighted by molar-refractivity contribution is -0.137. The summed E-state index contributed by atoms with van der Waals surface area (Å²) in [5.41, 5.74) is -0.721. The molecule has 2 heterocycles. The number of benzene rings is 1.